The molecule has 0 saturated carbocycles. The van der Waals surface area contributed by atoms with Crippen LogP contribution < -0.4 is 69.4 Å². The van der Waals surface area contributed by atoms with Gasteiger partial charge in [0, 0.05) is 63.1 Å². The maximum Gasteiger partial charge on any atom is 0.410 e. The third-order valence-corrected chi connectivity index (χ3v) is 23.6. The van der Waals surface area contributed by atoms with Gasteiger partial charge in [-0.05, 0) is 250 Å². The van der Waals surface area contributed by atoms with Crippen LogP contribution >= 0.6 is 0 Å². The summed E-state index contributed by atoms with van der Waals surface area (Å²) >= 11 is 0. The molecule has 3 atom stereocenters. The number of aromatic amines is 4. The van der Waals surface area contributed by atoms with E-state index in [1.54, 1.807) is 28.7 Å². The van der Waals surface area contributed by atoms with Crippen molar-refractivity contribution in [2.75, 3.05) is 75.3 Å². The number of anilines is 4. The summed E-state index contributed by atoms with van der Waals surface area (Å²) in [5.74, 6) is 5.08. The lowest BCUT2D eigenvalue weighted by Crippen LogP contribution is -2.42. The van der Waals surface area contributed by atoms with Crippen LogP contribution in [0.2, 0.25) is 0 Å². The van der Waals surface area contributed by atoms with Crippen molar-refractivity contribution in [1.82, 2.24) is 99.9 Å². The molecule has 4 aliphatic heterocycles. The average molecular weight is 1930 g/mol. The number of nitrogens with one attached hydrogen (secondary N) is 5. The normalized spacial score (nSPS) is 15.2. The van der Waals surface area contributed by atoms with Crippen LogP contribution in [-0.4, -0.2) is 187 Å². The molecule has 3 saturated heterocycles. The minimum Gasteiger partial charge on any atom is -0.478 e. The molecule has 4 aliphatic rings. The Kier molecular flexibility index (Phi) is 29.9. The molecule has 0 bridgehead atoms. The molecule has 3 fully saturated rings. The van der Waals surface area contributed by atoms with E-state index in [9.17, 15) is 38.4 Å². The van der Waals surface area contributed by atoms with Crippen LogP contribution in [0.1, 0.15) is 127 Å². The van der Waals surface area contributed by atoms with E-state index in [1.807, 2.05) is 271 Å². The van der Waals surface area contributed by atoms with Gasteiger partial charge in [0.05, 0.1) is 73.6 Å². The highest BCUT2D eigenvalue weighted by Crippen LogP contribution is 2.41. The molecule has 12 heterocycles. The van der Waals surface area contributed by atoms with Crippen LogP contribution in [0.4, 0.5) is 32.9 Å². The van der Waals surface area contributed by atoms with Crippen LogP contribution in [0.25, 0.3) is 71.9 Å². The number of nitrogen functional groups attached to an aromatic ring is 4. The monoisotopic (exact) mass is 1930 g/mol. The van der Waals surface area contributed by atoms with Gasteiger partial charge in [0.1, 0.15) is 79.3 Å². The molecule has 20 rings (SSSR count). The Morgan fingerprint density at radius 3 is 1.04 bits per heavy atom. The predicted molar refractivity (Wildman–Crippen MR) is 543 cm³/mol. The zero-order valence-corrected chi connectivity index (χ0v) is 79.4. The molecule has 8 aromatic carbocycles. The van der Waals surface area contributed by atoms with Gasteiger partial charge in [-0.3, -0.25) is 24.0 Å². The van der Waals surface area contributed by atoms with E-state index in [2.05, 4.69) is 74.6 Å². The third-order valence-electron chi connectivity index (χ3n) is 23.6. The van der Waals surface area contributed by atoms with E-state index in [1.165, 1.54) is 6.08 Å². The number of carbonyl (C=O) groups excluding carboxylic acids is 3. The maximum absolute atomic E-state index is 12.9. The van der Waals surface area contributed by atoms with Crippen molar-refractivity contribution in [1.29, 1.82) is 0 Å². The predicted octanol–water partition coefficient (Wildman–Crippen LogP) is 15.7. The van der Waals surface area contributed by atoms with Crippen molar-refractivity contribution in [3.8, 4) is 68.7 Å². The number of hydrogen-bond acceptors (Lipinski definition) is 27. The highest BCUT2D eigenvalue weighted by Gasteiger charge is 2.37. The van der Waals surface area contributed by atoms with E-state index >= 15 is 0 Å². The number of fused-ring (bicyclic) bond motifs is 4. The van der Waals surface area contributed by atoms with E-state index in [0.717, 1.165) is 115 Å². The molecule has 39 nitrogen and oxygen atoms in total. The van der Waals surface area contributed by atoms with Crippen molar-refractivity contribution < 1.29 is 52.7 Å². The quantitative estimate of drug-likeness (QED) is 0.0357. The average Bonchev–Trinajstić information content (AvgIpc) is 1.61. The Hall–Kier alpha value is -17.8. The molecule has 16 aromatic rings. The van der Waals surface area contributed by atoms with Gasteiger partial charge in [-0.1, -0.05) is 92.0 Å². The summed E-state index contributed by atoms with van der Waals surface area (Å²) in [6.45, 7) is 22.2. The topological polar surface area (TPSA) is 524 Å². The van der Waals surface area contributed by atoms with Gasteiger partial charge in [0.2, 0.25) is 5.91 Å². The number of nitrogens with two attached hydrogens (primary N) is 4. The van der Waals surface area contributed by atoms with Crippen LogP contribution in [0.15, 0.2) is 269 Å². The lowest BCUT2D eigenvalue weighted by atomic mass is 9.92. The fraction of sp³-hybridized carbons (Fsp3) is 0.250. The molecule has 14 N–H and O–H groups in total. The number of likely N-dealkylation sites (tertiary alicyclic amines) is 2. The standard InChI is InChI=1S/C27H30N6O4.C27H28N6O4.C25H24N6O3.C22H22N6O2.C3H4O2/c2*1-27(2,3)37-26(35)32-15-7-8-17(16-32)23-21-22(24(28)29-30-25(21)34)31-33(23)18-11-13-20(14-12-18)36-19-9-5-4-6-10-19;1-2-20(32)30-14-6-7-16(15-30)23-21-22(24(26)27-28-25(21)33)29-31(23)17-10-12-19(13-11-17)34-18-8-4-3-5-9-18;23-21-19-18(22(29)26-25-21)20(14-5-4-12-24-13-14)28(27-19)15-8-10-17(11-9-15)30-16-6-2-1-3-7-16;1-2-3(4)5/h4-6,9-14,17H,7-8,15-16H2,1-3H3,(H2,28,29)(H,30,34);4-6,8-14H,7,15-16H2,1-3H3,(H2,28,29)(H,30,34);2-5,8-13,16H,1,6-7,14-15H2,(H2,26,27)(H,28,33);1-3,6-11,14,24H,4-5,12-13H2,(H2,23,25)(H,26,29);2H,1H2,(H,4,5). The minimum atomic E-state index is -0.981. The third kappa shape index (κ3) is 23.3. The molecule has 734 valence electrons. The summed E-state index contributed by atoms with van der Waals surface area (Å²) in [5.41, 5.74) is 29.7. The Balaban J connectivity index is 0.000000135. The zero-order chi connectivity index (χ0) is 101. The van der Waals surface area contributed by atoms with Gasteiger partial charge in [-0.2, -0.15) is 40.8 Å². The first-order chi connectivity index (χ1) is 68.9. The molecule has 39 heteroatoms. The number of aromatic nitrogens is 16. The Morgan fingerprint density at radius 1 is 0.392 bits per heavy atom. The molecule has 8 aromatic heterocycles. The van der Waals surface area contributed by atoms with Crippen LogP contribution in [0, 0.1) is 0 Å². The zero-order valence-electron chi connectivity index (χ0n) is 79.4. The van der Waals surface area contributed by atoms with Gasteiger partial charge >= 0.3 is 18.2 Å². The summed E-state index contributed by atoms with van der Waals surface area (Å²) in [6, 6.07) is 68.0. The largest absolute Gasteiger partial charge is 0.478 e. The number of amides is 3. The van der Waals surface area contributed by atoms with Gasteiger partial charge in [-0.25, -0.2) is 53.5 Å². The Bertz CT molecular complexity index is 7580. The van der Waals surface area contributed by atoms with Crippen molar-refractivity contribution in [3.63, 3.8) is 0 Å². The highest BCUT2D eigenvalue weighted by molar-refractivity contribution is 5.97. The van der Waals surface area contributed by atoms with E-state index < -0.39 is 28.8 Å². The molecule has 3 amide bonds. The number of nitrogens with zero attached hydrogens (tertiary/aromatic N) is 15. The Morgan fingerprint density at radius 2 is 0.699 bits per heavy atom. The number of carbonyl (C=O) groups is 4. The second-order valence-electron chi connectivity index (χ2n) is 36.0. The summed E-state index contributed by atoms with van der Waals surface area (Å²) < 4.78 is 41.7. The molecular formula is C104H108N24O15. The van der Waals surface area contributed by atoms with Crippen molar-refractivity contribution in [3.05, 3.63) is 314 Å². The van der Waals surface area contributed by atoms with Crippen molar-refractivity contribution in [2.45, 2.75) is 115 Å². The highest BCUT2D eigenvalue weighted by atomic mass is 16.6. The van der Waals surface area contributed by atoms with E-state index in [4.69, 9.17) is 61.6 Å². The van der Waals surface area contributed by atoms with Crippen LogP contribution in [-0.2, 0) is 19.1 Å². The number of H-pyrrole nitrogens is 4. The first-order valence-electron chi connectivity index (χ1n) is 46.4. The first-order valence-corrected chi connectivity index (χ1v) is 46.4. The second kappa shape index (κ2) is 43.5. The van der Waals surface area contributed by atoms with Crippen LogP contribution in [0.3, 0.4) is 0 Å². The number of rotatable bonds is 18. The SMILES string of the molecule is C=CC(=O)N1CCCC(c2c3c(=O)[nH]nc(N)c3nn2-c2ccc(Oc3ccccc3)cc2)C1.C=CC(=O)O.CC(C)(C)OC(=O)N1CCC=C(c2c3c(=O)[nH]nc(N)c3nn2-c2ccc(Oc3ccccc3)cc2)C1.CC(C)(C)OC(=O)N1CCCC(c2c3c(=O)[nH]nc(N)c3nn2-c2ccc(Oc3ccccc3)cc2)C1.Nc1n[nH]c(=O)c2c(C3CCCNC3)n(-c3ccc(Oc4ccccc4)cc3)nc12. The number of para-hydroxylation sites is 4. The maximum atomic E-state index is 12.9. The molecule has 3 unspecified atom stereocenters. The number of carboxylic acid groups (broad SMARTS) is 1. The van der Waals surface area contributed by atoms with Gasteiger partial charge < -0.3 is 76.5 Å². The van der Waals surface area contributed by atoms with Crippen molar-refractivity contribution >= 4 is 96.5 Å². The lowest BCUT2D eigenvalue weighted by molar-refractivity contribution is -0.131. The molecule has 143 heavy (non-hydrogen) atoms. The fourth-order valence-electron chi connectivity index (χ4n) is 17.2. The lowest BCUT2D eigenvalue weighted by Gasteiger charge is -2.34. The summed E-state index contributed by atoms with van der Waals surface area (Å²) in [6.07, 6.45) is 9.15. The minimum absolute atomic E-state index is 0.106. The van der Waals surface area contributed by atoms with Gasteiger partial charge in [0.15, 0.2) is 23.3 Å². The van der Waals surface area contributed by atoms with Crippen LogP contribution in [0.5, 0.6) is 46.0 Å². The fourth-order valence-corrected chi connectivity index (χ4v) is 17.2. The smallest absolute Gasteiger partial charge is 0.410 e. The molecule has 0 aliphatic carbocycles. The summed E-state index contributed by atoms with van der Waals surface area (Å²) in [7, 11) is 0. The van der Waals surface area contributed by atoms with E-state index in [-0.39, 0.29) is 76.2 Å². The summed E-state index contributed by atoms with van der Waals surface area (Å²) in [4.78, 5) is 104. The number of hydrogen-bond donors (Lipinski definition) is 10. The molecular weight excluding hydrogens is 1830 g/mol. The van der Waals surface area contributed by atoms with Gasteiger partial charge in [0.25, 0.3) is 22.2 Å². The number of aliphatic carboxylic acids is 1. The first kappa shape index (κ1) is 98.3. The molecule has 0 radical (unpaired) electrons. The summed E-state index contributed by atoms with van der Waals surface area (Å²) in [5, 5.41) is 56.8. The number of piperidine rings is 3. The van der Waals surface area contributed by atoms with E-state index in [0.29, 0.717) is 123 Å². The number of ether oxygens (including phenoxy) is 6. The van der Waals surface area contributed by atoms with Gasteiger partial charge in [-0.15, -0.1) is 0 Å². The Labute approximate surface area is 818 Å². The van der Waals surface area contributed by atoms with Crippen molar-refractivity contribution in [2.24, 2.45) is 0 Å². The second-order valence-corrected chi connectivity index (χ2v) is 36.0. The number of carboxylic acids is 1. The number of benzene rings is 8. The molecule has 0 spiro atoms.